The van der Waals surface area contributed by atoms with Crippen LogP contribution in [0, 0.1) is 6.92 Å². The lowest BCUT2D eigenvalue weighted by atomic mass is 10.0. The number of aromatic amines is 1. The van der Waals surface area contributed by atoms with Crippen LogP contribution in [0.3, 0.4) is 0 Å². The SMILES string of the molecule is COc1ccc(C)cc1-c1ccc(C(=O)N2CCN(c3nc4ccccc4c(=O)[nH]3)CC2)cc1. The number of H-pyrrole nitrogens is 1. The Bertz CT molecular complexity index is 1400. The van der Waals surface area contributed by atoms with Crippen LogP contribution in [0.1, 0.15) is 15.9 Å². The predicted octanol–water partition coefficient (Wildman–Crippen LogP) is 3.87. The molecule has 1 amide bonds. The molecule has 1 aromatic heterocycles. The fraction of sp³-hybridized carbons (Fsp3) is 0.222. The van der Waals surface area contributed by atoms with Crippen molar-refractivity contribution in [3.05, 3.63) is 88.2 Å². The molecule has 172 valence electrons. The number of nitrogens with one attached hydrogen (secondary N) is 1. The van der Waals surface area contributed by atoms with Crippen LogP contribution in [0.25, 0.3) is 22.0 Å². The van der Waals surface area contributed by atoms with Gasteiger partial charge in [-0.05, 0) is 48.9 Å². The van der Waals surface area contributed by atoms with E-state index in [1.807, 2.05) is 71.3 Å². The summed E-state index contributed by atoms with van der Waals surface area (Å²) in [7, 11) is 1.66. The van der Waals surface area contributed by atoms with Crippen molar-refractivity contribution < 1.29 is 9.53 Å². The molecule has 7 heteroatoms. The number of ether oxygens (including phenoxy) is 1. The van der Waals surface area contributed by atoms with E-state index in [0.717, 1.165) is 22.4 Å². The number of carbonyl (C=O) groups excluding carboxylic acids is 1. The number of methoxy groups -OCH3 is 1. The van der Waals surface area contributed by atoms with Gasteiger partial charge in [0.25, 0.3) is 11.5 Å². The molecule has 0 unspecified atom stereocenters. The van der Waals surface area contributed by atoms with Crippen molar-refractivity contribution >= 4 is 22.8 Å². The van der Waals surface area contributed by atoms with E-state index in [4.69, 9.17) is 4.74 Å². The summed E-state index contributed by atoms with van der Waals surface area (Å²) >= 11 is 0. The first-order valence-electron chi connectivity index (χ1n) is 11.3. The number of amides is 1. The Labute approximate surface area is 197 Å². The highest BCUT2D eigenvalue weighted by atomic mass is 16.5. The third-order valence-corrected chi connectivity index (χ3v) is 6.26. The number of para-hydroxylation sites is 1. The maximum absolute atomic E-state index is 13.1. The second kappa shape index (κ2) is 9.02. The summed E-state index contributed by atoms with van der Waals surface area (Å²) in [5.41, 5.74) is 4.34. The van der Waals surface area contributed by atoms with Crippen LogP contribution in [0.4, 0.5) is 5.95 Å². The lowest BCUT2D eigenvalue weighted by Gasteiger charge is -2.35. The summed E-state index contributed by atoms with van der Waals surface area (Å²) in [5, 5.41) is 0.576. The topological polar surface area (TPSA) is 78.5 Å². The smallest absolute Gasteiger partial charge is 0.260 e. The molecular weight excluding hydrogens is 428 g/mol. The van der Waals surface area contributed by atoms with Gasteiger partial charge in [-0.2, -0.15) is 0 Å². The second-order valence-electron chi connectivity index (χ2n) is 8.47. The van der Waals surface area contributed by atoms with Crippen LogP contribution in [-0.2, 0) is 0 Å². The summed E-state index contributed by atoms with van der Waals surface area (Å²) in [5.74, 6) is 1.36. The number of carbonyl (C=O) groups is 1. The van der Waals surface area contributed by atoms with Crippen molar-refractivity contribution in [1.29, 1.82) is 0 Å². The van der Waals surface area contributed by atoms with Crippen LogP contribution >= 0.6 is 0 Å². The Morgan fingerprint density at radius 2 is 1.71 bits per heavy atom. The molecule has 2 heterocycles. The van der Waals surface area contributed by atoms with Gasteiger partial charge < -0.3 is 14.5 Å². The molecule has 0 radical (unpaired) electrons. The van der Waals surface area contributed by atoms with Gasteiger partial charge in [0.1, 0.15) is 5.75 Å². The lowest BCUT2D eigenvalue weighted by Crippen LogP contribution is -2.49. The third-order valence-electron chi connectivity index (χ3n) is 6.26. The summed E-state index contributed by atoms with van der Waals surface area (Å²) < 4.78 is 5.50. The zero-order valence-electron chi connectivity index (χ0n) is 19.2. The number of fused-ring (bicyclic) bond motifs is 1. The third kappa shape index (κ3) is 4.12. The molecule has 34 heavy (non-hydrogen) atoms. The molecule has 5 rings (SSSR count). The fourth-order valence-electron chi connectivity index (χ4n) is 4.37. The number of aromatic nitrogens is 2. The molecule has 0 spiro atoms. The van der Waals surface area contributed by atoms with E-state index in [-0.39, 0.29) is 11.5 Å². The molecule has 1 saturated heterocycles. The quantitative estimate of drug-likeness (QED) is 0.507. The first kappa shape index (κ1) is 21.7. The number of nitrogens with zero attached hydrogens (tertiary/aromatic N) is 3. The molecule has 1 N–H and O–H groups in total. The van der Waals surface area contributed by atoms with Crippen LogP contribution in [-0.4, -0.2) is 54.1 Å². The summed E-state index contributed by atoms with van der Waals surface area (Å²) in [6, 6.07) is 21.0. The Kier molecular flexibility index (Phi) is 5.76. The number of anilines is 1. The van der Waals surface area contributed by atoms with Crippen molar-refractivity contribution in [2.75, 3.05) is 38.2 Å². The number of hydrogen-bond acceptors (Lipinski definition) is 5. The Hall–Kier alpha value is -4.13. The highest BCUT2D eigenvalue weighted by Crippen LogP contribution is 2.31. The van der Waals surface area contributed by atoms with Crippen molar-refractivity contribution in [2.45, 2.75) is 6.92 Å². The van der Waals surface area contributed by atoms with Gasteiger partial charge in [-0.15, -0.1) is 0 Å². The summed E-state index contributed by atoms with van der Waals surface area (Å²) in [4.78, 5) is 36.8. The normalized spacial score (nSPS) is 13.8. The van der Waals surface area contributed by atoms with Crippen molar-refractivity contribution in [1.82, 2.24) is 14.9 Å². The van der Waals surface area contributed by atoms with Crippen LogP contribution in [0.15, 0.2) is 71.5 Å². The van der Waals surface area contributed by atoms with E-state index in [2.05, 4.69) is 16.0 Å². The van der Waals surface area contributed by atoms with Gasteiger partial charge in [0.05, 0.1) is 18.0 Å². The van der Waals surface area contributed by atoms with Gasteiger partial charge in [0, 0.05) is 37.3 Å². The van der Waals surface area contributed by atoms with Gasteiger partial charge in [0.15, 0.2) is 0 Å². The summed E-state index contributed by atoms with van der Waals surface area (Å²) in [6.07, 6.45) is 0. The molecule has 0 bridgehead atoms. The van der Waals surface area contributed by atoms with E-state index in [0.29, 0.717) is 48.6 Å². The Morgan fingerprint density at radius 1 is 0.971 bits per heavy atom. The first-order valence-corrected chi connectivity index (χ1v) is 11.3. The van der Waals surface area contributed by atoms with Gasteiger partial charge in [-0.1, -0.05) is 35.9 Å². The standard InChI is InChI=1S/C27H26N4O3/c1-18-7-12-24(34-2)22(17-18)19-8-10-20(11-9-19)26(33)30-13-15-31(16-14-30)27-28-23-6-4-3-5-21(23)25(32)29-27/h3-12,17H,13-16H2,1-2H3,(H,28,29,32). The highest BCUT2D eigenvalue weighted by Gasteiger charge is 2.24. The van der Waals surface area contributed by atoms with E-state index >= 15 is 0 Å². The molecule has 1 aliphatic rings. The zero-order valence-corrected chi connectivity index (χ0v) is 19.2. The Morgan fingerprint density at radius 3 is 2.44 bits per heavy atom. The summed E-state index contributed by atoms with van der Waals surface area (Å²) in [6.45, 7) is 4.37. The second-order valence-corrected chi connectivity index (χ2v) is 8.47. The monoisotopic (exact) mass is 454 g/mol. The van der Waals surface area contributed by atoms with Gasteiger partial charge >= 0.3 is 0 Å². The largest absolute Gasteiger partial charge is 0.496 e. The fourth-order valence-corrected chi connectivity index (χ4v) is 4.37. The predicted molar refractivity (Wildman–Crippen MR) is 134 cm³/mol. The van der Waals surface area contributed by atoms with Crippen LogP contribution < -0.4 is 15.2 Å². The first-order chi connectivity index (χ1) is 16.5. The molecule has 1 aliphatic heterocycles. The molecular formula is C27H26N4O3. The molecule has 4 aromatic rings. The average molecular weight is 455 g/mol. The minimum atomic E-state index is -0.149. The molecule has 0 aliphatic carbocycles. The maximum atomic E-state index is 13.1. The molecule has 1 fully saturated rings. The van der Waals surface area contributed by atoms with Gasteiger partial charge in [-0.3, -0.25) is 14.6 Å². The zero-order chi connectivity index (χ0) is 23.7. The number of benzene rings is 3. The van der Waals surface area contributed by atoms with E-state index in [1.54, 1.807) is 13.2 Å². The molecule has 7 nitrogen and oxygen atoms in total. The highest BCUT2D eigenvalue weighted by molar-refractivity contribution is 5.95. The molecule has 0 atom stereocenters. The maximum Gasteiger partial charge on any atom is 0.260 e. The average Bonchev–Trinajstić information content (AvgIpc) is 2.88. The number of hydrogen-bond donors (Lipinski definition) is 1. The molecule has 0 saturated carbocycles. The van der Waals surface area contributed by atoms with Crippen molar-refractivity contribution in [2.24, 2.45) is 0 Å². The van der Waals surface area contributed by atoms with Gasteiger partial charge in [0.2, 0.25) is 5.95 Å². The minimum Gasteiger partial charge on any atom is -0.496 e. The molecule has 3 aromatic carbocycles. The van der Waals surface area contributed by atoms with Gasteiger partial charge in [-0.25, -0.2) is 4.98 Å². The van der Waals surface area contributed by atoms with Crippen molar-refractivity contribution in [3.63, 3.8) is 0 Å². The van der Waals surface area contributed by atoms with Crippen molar-refractivity contribution in [3.8, 4) is 16.9 Å². The van der Waals surface area contributed by atoms with E-state index in [9.17, 15) is 9.59 Å². The minimum absolute atomic E-state index is 0.00220. The van der Waals surface area contributed by atoms with Crippen LogP contribution in [0.2, 0.25) is 0 Å². The Balaban J connectivity index is 1.28. The van der Waals surface area contributed by atoms with E-state index in [1.165, 1.54) is 0 Å². The number of piperazine rings is 1. The lowest BCUT2D eigenvalue weighted by molar-refractivity contribution is 0.0746. The van der Waals surface area contributed by atoms with E-state index < -0.39 is 0 Å². The number of rotatable bonds is 4. The van der Waals surface area contributed by atoms with Crippen LogP contribution in [0.5, 0.6) is 5.75 Å². The number of aryl methyl sites for hydroxylation is 1.